The fraction of sp³-hybridized carbons (Fsp3) is 0.278. The largest absolute Gasteiger partial charge is 0.360 e. The van der Waals surface area contributed by atoms with Gasteiger partial charge in [-0.05, 0) is 51.0 Å². The van der Waals surface area contributed by atoms with Gasteiger partial charge in [0.1, 0.15) is 5.69 Å². The highest BCUT2D eigenvalue weighted by Crippen LogP contribution is 2.37. The van der Waals surface area contributed by atoms with E-state index in [2.05, 4.69) is 44.0 Å². The van der Waals surface area contributed by atoms with Crippen molar-refractivity contribution in [2.24, 2.45) is 0 Å². The molecule has 0 saturated heterocycles. The van der Waals surface area contributed by atoms with Gasteiger partial charge < -0.3 is 9.42 Å². The van der Waals surface area contributed by atoms with Crippen LogP contribution in [-0.2, 0) is 16.4 Å². The highest BCUT2D eigenvalue weighted by Gasteiger charge is 2.28. The second-order valence-electron chi connectivity index (χ2n) is 6.59. The highest BCUT2D eigenvalue weighted by atomic mass is 32.2. The summed E-state index contributed by atoms with van der Waals surface area (Å²) in [6.07, 6.45) is 0.929. The van der Waals surface area contributed by atoms with Crippen molar-refractivity contribution in [3.63, 3.8) is 0 Å². The molecule has 8 nitrogen and oxygen atoms in total. The molecule has 3 heterocycles. The predicted octanol–water partition coefficient (Wildman–Crippen LogP) is 2.96. The zero-order valence-electron chi connectivity index (χ0n) is 15.2. The quantitative estimate of drug-likeness (QED) is 0.737. The second kappa shape index (κ2) is 6.34. The molecule has 0 spiro atoms. The number of fused-ring (bicyclic) bond motifs is 1. The molecule has 1 aliphatic heterocycles. The normalized spacial score (nSPS) is 16.4. The number of anilines is 3. The molecule has 0 radical (unpaired) electrons. The van der Waals surface area contributed by atoms with E-state index in [9.17, 15) is 8.42 Å². The van der Waals surface area contributed by atoms with E-state index in [-0.39, 0.29) is 22.5 Å². The van der Waals surface area contributed by atoms with Crippen LogP contribution in [0.2, 0.25) is 0 Å². The Morgan fingerprint density at radius 3 is 2.59 bits per heavy atom. The Kier molecular flexibility index (Phi) is 4.11. The van der Waals surface area contributed by atoms with E-state index >= 15 is 0 Å². The number of aromatic nitrogens is 3. The van der Waals surface area contributed by atoms with E-state index in [1.165, 1.54) is 5.56 Å². The van der Waals surface area contributed by atoms with E-state index in [1.54, 1.807) is 26.0 Å². The summed E-state index contributed by atoms with van der Waals surface area (Å²) in [4.78, 5) is 2.13. The monoisotopic (exact) mass is 385 g/mol. The van der Waals surface area contributed by atoms with Gasteiger partial charge in [0.15, 0.2) is 22.3 Å². The van der Waals surface area contributed by atoms with Gasteiger partial charge in [-0.3, -0.25) is 4.72 Å². The first-order chi connectivity index (χ1) is 12.9. The summed E-state index contributed by atoms with van der Waals surface area (Å²) < 4.78 is 32.5. The van der Waals surface area contributed by atoms with Gasteiger partial charge in [-0.15, -0.1) is 10.2 Å². The van der Waals surface area contributed by atoms with Crippen LogP contribution in [0.15, 0.2) is 45.8 Å². The van der Waals surface area contributed by atoms with Crippen molar-refractivity contribution >= 4 is 27.3 Å². The topological polar surface area (TPSA) is 101 Å². The summed E-state index contributed by atoms with van der Waals surface area (Å²) in [5, 5.41) is 12.0. The standard InChI is InChI=1S/C18H19N5O3S/c1-11-10-14-6-4-5-7-15(14)23(11)17-9-8-16(19-20-17)22-27(24,25)18-12(2)21-26-13(18)3/h4-9,11H,10H2,1-3H3,(H,19,22). The van der Waals surface area contributed by atoms with Crippen molar-refractivity contribution in [2.75, 3.05) is 9.62 Å². The minimum Gasteiger partial charge on any atom is -0.360 e. The Balaban J connectivity index is 1.60. The third-order valence-corrected chi connectivity index (χ3v) is 6.18. The molecule has 0 saturated carbocycles. The molecule has 140 valence electrons. The predicted molar refractivity (Wildman–Crippen MR) is 101 cm³/mol. The Morgan fingerprint density at radius 1 is 1.15 bits per heavy atom. The van der Waals surface area contributed by atoms with E-state index < -0.39 is 10.0 Å². The average molecular weight is 385 g/mol. The number of aryl methyl sites for hydroxylation is 2. The van der Waals surface area contributed by atoms with E-state index in [4.69, 9.17) is 4.52 Å². The number of rotatable bonds is 4. The Bertz CT molecular complexity index is 1070. The SMILES string of the molecule is Cc1noc(C)c1S(=O)(=O)Nc1ccc(N2c3ccccc3CC2C)nn1. The first-order valence-corrected chi connectivity index (χ1v) is 10.0. The summed E-state index contributed by atoms with van der Waals surface area (Å²) in [5.41, 5.74) is 2.66. The molecule has 0 aliphatic carbocycles. The molecule has 9 heteroatoms. The minimum atomic E-state index is -3.85. The van der Waals surface area contributed by atoms with Gasteiger partial charge in [-0.2, -0.15) is 0 Å². The van der Waals surface area contributed by atoms with Crippen molar-refractivity contribution in [1.29, 1.82) is 0 Å². The Morgan fingerprint density at radius 2 is 1.93 bits per heavy atom. The van der Waals surface area contributed by atoms with Gasteiger partial charge in [-0.1, -0.05) is 23.4 Å². The molecular formula is C18H19N5O3S. The van der Waals surface area contributed by atoms with E-state index in [0.29, 0.717) is 11.5 Å². The van der Waals surface area contributed by atoms with Gasteiger partial charge in [-0.25, -0.2) is 8.42 Å². The Labute approximate surface area is 157 Å². The van der Waals surface area contributed by atoms with Crippen LogP contribution in [0.1, 0.15) is 23.9 Å². The zero-order valence-corrected chi connectivity index (χ0v) is 16.0. The van der Waals surface area contributed by atoms with E-state index in [1.807, 2.05) is 12.1 Å². The van der Waals surface area contributed by atoms with Crippen LogP contribution in [-0.4, -0.2) is 29.8 Å². The molecule has 1 aliphatic rings. The molecule has 0 bridgehead atoms. The summed E-state index contributed by atoms with van der Waals surface area (Å²) in [5.74, 6) is 1.04. The smallest absolute Gasteiger partial charge is 0.268 e. The number of nitrogens with one attached hydrogen (secondary N) is 1. The first-order valence-electron chi connectivity index (χ1n) is 8.53. The third-order valence-electron chi connectivity index (χ3n) is 4.58. The van der Waals surface area contributed by atoms with Crippen LogP contribution < -0.4 is 9.62 Å². The van der Waals surface area contributed by atoms with Crippen LogP contribution in [0, 0.1) is 13.8 Å². The lowest BCUT2D eigenvalue weighted by molar-refractivity contribution is 0.390. The summed E-state index contributed by atoms with van der Waals surface area (Å²) >= 11 is 0. The maximum absolute atomic E-state index is 12.6. The summed E-state index contributed by atoms with van der Waals surface area (Å²) in [6.45, 7) is 5.25. The van der Waals surface area contributed by atoms with Crippen molar-refractivity contribution in [3.8, 4) is 0 Å². The number of hydrogen-bond acceptors (Lipinski definition) is 7. The number of benzene rings is 1. The van der Waals surface area contributed by atoms with Crippen LogP contribution in [0.5, 0.6) is 0 Å². The van der Waals surface area contributed by atoms with Crippen LogP contribution in [0.25, 0.3) is 0 Å². The molecule has 1 aromatic carbocycles. The van der Waals surface area contributed by atoms with Gasteiger partial charge >= 0.3 is 0 Å². The number of para-hydroxylation sites is 1. The molecule has 1 unspecified atom stereocenters. The van der Waals surface area contributed by atoms with Crippen molar-refractivity contribution in [3.05, 3.63) is 53.4 Å². The van der Waals surface area contributed by atoms with Crippen LogP contribution >= 0.6 is 0 Å². The number of sulfonamides is 1. The fourth-order valence-electron chi connectivity index (χ4n) is 3.47. The third kappa shape index (κ3) is 3.03. The molecule has 3 aromatic rings. The van der Waals surface area contributed by atoms with Gasteiger partial charge in [0.05, 0.1) is 0 Å². The minimum absolute atomic E-state index is 0.0236. The van der Waals surface area contributed by atoms with Crippen molar-refractivity contribution in [2.45, 2.75) is 38.1 Å². The molecule has 27 heavy (non-hydrogen) atoms. The summed E-state index contributed by atoms with van der Waals surface area (Å²) in [6, 6.07) is 11.8. The number of hydrogen-bond donors (Lipinski definition) is 1. The van der Waals surface area contributed by atoms with E-state index in [0.717, 1.165) is 12.1 Å². The molecule has 1 atom stereocenters. The van der Waals surface area contributed by atoms with Gasteiger partial charge in [0.25, 0.3) is 10.0 Å². The number of nitrogens with zero attached hydrogens (tertiary/aromatic N) is 4. The first kappa shape index (κ1) is 17.5. The molecular weight excluding hydrogens is 366 g/mol. The van der Waals surface area contributed by atoms with Crippen molar-refractivity contribution < 1.29 is 12.9 Å². The molecule has 0 fully saturated rings. The van der Waals surface area contributed by atoms with Crippen LogP contribution in [0.4, 0.5) is 17.3 Å². The summed E-state index contributed by atoms with van der Waals surface area (Å²) in [7, 11) is -3.85. The van der Waals surface area contributed by atoms with Crippen LogP contribution in [0.3, 0.4) is 0 Å². The molecule has 4 rings (SSSR count). The van der Waals surface area contributed by atoms with Crippen molar-refractivity contribution in [1.82, 2.24) is 15.4 Å². The zero-order chi connectivity index (χ0) is 19.2. The Hall–Kier alpha value is -2.94. The molecule has 2 aromatic heterocycles. The lowest BCUT2D eigenvalue weighted by atomic mass is 10.1. The van der Waals surface area contributed by atoms with Gasteiger partial charge in [0.2, 0.25) is 0 Å². The van der Waals surface area contributed by atoms with Gasteiger partial charge in [0, 0.05) is 11.7 Å². The highest BCUT2D eigenvalue weighted by molar-refractivity contribution is 7.92. The lowest BCUT2D eigenvalue weighted by Crippen LogP contribution is -2.25. The lowest BCUT2D eigenvalue weighted by Gasteiger charge is -2.23. The maximum atomic E-state index is 12.6. The fourth-order valence-corrected chi connectivity index (χ4v) is 4.80. The second-order valence-corrected chi connectivity index (χ2v) is 8.21. The molecule has 1 N–H and O–H groups in total. The maximum Gasteiger partial charge on any atom is 0.268 e. The molecule has 0 amide bonds. The average Bonchev–Trinajstić information content (AvgIpc) is 3.14.